The Morgan fingerprint density at radius 3 is 2.14 bits per heavy atom. The first-order valence-electron chi connectivity index (χ1n) is 2.15. The standard InChI is InChI=1S/C5H8ClF/c1-4(2)3-5(6)7/h3-4H,1-2H3/b5-3+. The van der Waals surface area contributed by atoms with Crippen molar-refractivity contribution in [3.8, 4) is 0 Å². The number of rotatable bonds is 1. The first-order valence-corrected chi connectivity index (χ1v) is 2.53. The Morgan fingerprint density at radius 1 is 1.71 bits per heavy atom. The van der Waals surface area contributed by atoms with Crippen molar-refractivity contribution < 1.29 is 4.39 Å². The molecule has 0 heterocycles. The van der Waals surface area contributed by atoms with Gasteiger partial charge in [-0.1, -0.05) is 25.4 Å². The molecule has 0 N–H and O–H groups in total. The minimum absolute atomic E-state index is 0.206. The summed E-state index contributed by atoms with van der Waals surface area (Å²) in [6, 6.07) is 0. The minimum atomic E-state index is -0.616. The molecule has 7 heavy (non-hydrogen) atoms. The molecule has 0 saturated heterocycles. The smallest absolute Gasteiger partial charge is 0.185 e. The maximum atomic E-state index is 11.6. The van der Waals surface area contributed by atoms with Crippen LogP contribution in [0.15, 0.2) is 11.4 Å². The molecule has 0 aromatic heterocycles. The number of hydrogen-bond donors (Lipinski definition) is 0. The van der Waals surface area contributed by atoms with E-state index in [-0.39, 0.29) is 5.92 Å². The zero-order chi connectivity index (χ0) is 5.86. The summed E-state index contributed by atoms with van der Waals surface area (Å²) < 4.78 is 11.6. The normalized spacial score (nSPS) is 13.0. The van der Waals surface area contributed by atoms with E-state index in [0.29, 0.717) is 0 Å². The first kappa shape index (κ1) is 6.96. The van der Waals surface area contributed by atoms with Gasteiger partial charge in [0.25, 0.3) is 0 Å². The van der Waals surface area contributed by atoms with E-state index in [0.717, 1.165) is 0 Å². The molecule has 0 aliphatic carbocycles. The lowest BCUT2D eigenvalue weighted by Gasteiger charge is -1.88. The van der Waals surface area contributed by atoms with Crippen LogP contribution in [0.3, 0.4) is 0 Å². The fourth-order valence-corrected chi connectivity index (χ4v) is 0.504. The van der Waals surface area contributed by atoms with E-state index < -0.39 is 5.29 Å². The molecule has 0 amide bonds. The van der Waals surface area contributed by atoms with E-state index in [1.165, 1.54) is 6.08 Å². The first-order chi connectivity index (χ1) is 3.13. The molecule has 0 fully saturated rings. The Bertz CT molecular complexity index is 72.1. The van der Waals surface area contributed by atoms with Crippen LogP contribution in [-0.2, 0) is 0 Å². The summed E-state index contributed by atoms with van der Waals surface area (Å²) in [5.74, 6) is 0.206. The van der Waals surface area contributed by atoms with Gasteiger partial charge in [0.1, 0.15) is 0 Å². The molecular weight excluding hydrogens is 115 g/mol. The molecular formula is C5H8ClF. The van der Waals surface area contributed by atoms with Crippen LogP contribution in [0.1, 0.15) is 13.8 Å². The quantitative estimate of drug-likeness (QED) is 0.502. The molecule has 0 aromatic carbocycles. The zero-order valence-corrected chi connectivity index (χ0v) is 5.17. The highest BCUT2D eigenvalue weighted by atomic mass is 35.5. The fraction of sp³-hybridized carbons (Fsp3) is 0.600. The Balaban J connectivity index is 3.45. The summed E-state index contributed by atoms with van der Waals surface area (Å²) in [6.07, 6.45) is 1.35. The van der Waals surface area contributed by atoms with Crippen molar-refractivity contribution in [2.75, 3.05) is 0 Å². The van der Waals surface area contributed by atoms with Crippen LogP contribution < -0.4 is 0 Å². The van der Waals surface area contributed by atoms with E-state index in [1.807, 2.05) is 13.8 Å². The van der Waals surface area contributed by atoms with Crippen LogP contribution in [0, 0.1) is 5.92 Å². The average molecular weight is 123 g/mol. The Labute approximate surface area is 48.0 Å². The van der Waals surface area contributed by atoms with Crippen LogP contribution in [0.4, 0.5) is 4.39 Å². The van der Waals surface area contributed by atoms with Crippen LogP contribution in [0.5, 0.6) is 0 Å². The highest BCUT2D eigenvalue weighted by Gasteiger charge is 1.87. The molecule has 0 radical (unpaired) electrons. The summed E-state index contributed by atoms with van der Waals surface area (Å²) in [5.41, 5.74) is 0. The zero-order valence-electron chi connectivity index (χ0n) is 4.41. The van der Waals surface area contributed by atoms with Gasteiger partial charge in [0.05, 0.1) is 0 Å². The predicted octanol–water partition coefficient (Wildman–Crippen LogP) is 2.69. The third-order valence-corrected chi connectivity index (χ3v) is 0.585. The van der Waals surface area contributed by atoms with E-state index in [9.17, 15) is 4.39 Å². The van der Waals surface area contributed by atoms with Gasteiger partial charge in [-0.05, 0) is 12.0 Å². The molecule has 0 saturated carbocycles. The topological polar surface area (TPSA) is 0 Å². The molecule has 0 spiro atoms. The van der Waals surface area contributed by atoms with E-state index in [1.54, 1.807) is 0 Å². The van der Waals surface area contributed by atoms with Gasteiger partial charge >= 0.3 is 0 Å². The molecule has 0 atom stereocenters. The third-order valence-electron chi connectivity index (χ3n) is 0.459. The van der Waals surface area contributed by atoms with Crippen molar-refractivity contribution in [1.29, 1.82) is 0 Å². The van der Waals surface area contributed by atoms with Gasteiger partial charge in [0, 0.05) is 0 Å². The summed E-state index contributed by atoms with van der Waals surface area (Å²) >= 11 is 4.87. The Kier molecular flexibility index (Phi) is 3.01. The SMILES string of the molecule is CC(C)/C=C(/F)Cl. The number of halogens is 2. The van der Waals surface area contributed by atoms with Crippen molar-refractivity contribution >= 4 is 11.6 Å². The van der Waals surface area contributed by atoms with Crippen LogP contribution >= 0.6 is 11.6 Å². The highest BCUT2D eigenvalue weighted by Crippen LogP contribution is 2.06. The average Bonchev–Trinajstić information content (AvgIpc) is 1.27. The van der Waals surface area contributed by atoms with Crippen molar-refractivity contribution in [3.63, 3.8) is 0 Å². The van der Waals surface area contributed by atoms with Crippen molar-refractivity contribution in [1.82, 2.24) is 0 Å². The second-order valence-corrected chi connectivity index (χ2v) is 2.06. The summed E-state index contributed by atoms with van der Waals surface area (Å²) in [6.45, 7) is 3.73. The van der Waals surface area contributed by atoms with E-state index in [4.69, 9.17) is 11.6 Å². The van der Waals surface area contributed by atoms with Gasteiger partial charge in [-0.15, -0.1) is 0 Å². The molecule has 0 rings (SSSR count). The Morgan fingerprint density at radius 2 is 2.14 bits per heavy atom. The van der Waals surface area contributed by atoms with Crippen molar-refractivity contribution in [2.24, 2.45) is 5.92 Å². The molecule has 0 aliphatic rings. The van der Waals surface area contributed by atoms with Crippen LogP contribution in [0.25, 0.3) is 0 Å². The van der Waals surface area contributed by atoms with E-state index >= 15 is 0 Å². The number of allylic oxidation sites excluding steroid dienone is 1. The predicted molar refractivity (Wildman–Crippen MR) is 29.9 cm³/mol. The number of hydrogen-bond acceptors (Lipinski definition) is 0. The lowest BCUT2D eigenvalue weighted by Crippen LogP contribution is -1.75. The molecule has 0 aliphatic heterocycles. The fourth-order valence-electron chi connectivity index (χ4n) is 0.252. The highest BCUT2D eigenvalue weighted by molar-refractivity contribution is 6.28. The van der Waals surface area contributed by atoms with Gasteiger partial charge in [0.2, 0.25) is 0 Å². The monoisotopic (exact) mass is 122 g/mol. The molecule has 2 heteroatoms. The third kappa shape index (κ3) is 5.96. The van der Waals surface area contributed by atoms with Gasteiger partial charge in [-0.2, -0.15) is 4.39 Å². The minimum Gasteiger partial charge on any atom is -0.194 e. The molecule has 0 nitrogen and oxygen atoms in total. The lowest BCUT2D eigenvalue weighted by molar-refractivity contribution is 0.670. The molecule has 42 valence electrons. The lowest BCUT2D eigenvalue weighted by atomic mass is 10.2. The summed E-state index contributed by atoms with van der Waals surface area (Å²) in [7, 11) is 0. The largest absolute Gasteiger partial charge is 0.194 e. The summed E-state index contributed by atoms with van der Waals surface area (Å²) in [5, 5.41) is -0.616. The maximum Gasteiger partial charge on any atom is 0.185 e. The van der Waals surface area contributed by atoms with E-state index in [2.05, 4.69) is 0 Å². The molecule has 0 bridgehead atoms. The van der Waals surface area contributed by atoms with Crippen LogP contribution in [0.2, 0.25) is 0 Å². The molecule has 0 aromatic rings. The van der Waals surface area contributed by atoms with Gasteiger partial charge < -0.3 is 0 Å². The second kappa shape index (κ2) is 3.03. The molecule has 0 unspecified atom stereocenters. The van der Waals surface area contributed by atoms with Crippen LogP contribution in [-0.4, -0.2) is 0 Å². The van der Waals surface area contributed by atoms with Crippen molar-refractivity contribution in [2.45, 2.75) is 13.8 Å². The van der Waals surface area contributed by atoms with Gasteiger partial charge in [-0.25, -0.2) is 0 Å². The Hall–Kier alpha value is -0.0400. The summed E-state index contributed by atoms with van der Waals surface area (Å²) in [4.78, 5) is 0. The van der Waals surface area contributed by atoms with Gasteiger partial charge in [0.15, 0.2) is 5.29 Å². The van der Waals surface area contributed by atoms with Crippen molar-refractivity contribution in [3.05, 3.63) is 11.4 Å². The van der Waals surface area contributed by atoms with Gasteiger partial charge in [-0.3, -0.25) is 0 Å². The maximum absolute atomic E-state index is 11.6. The second-order valence-electron chi connectivity index (χ2n) is 1.70.